The third-order valence-electron chi connectivity index (χ3n) is 4.94. The number of aryl methyl sites for hydroxylation is 1. The van der Waals surface area contributed by atoms with Crippen LogP contribution in [0.5, 0.6) is 5.75 Å². The molecule has 0 amide bonds. The smallest absolute Gasteiger partial charge is 0.306 e. The molecule has 1 fully saturated rings. The largest absolute Gasteiger partial charge is 0.496 e. The Labute approximate surface area is 158 Å². The monoisotopic (exact) mass is 374 g/mol. The number of carboxylic acid groups (broad SMARTS) is 1. The molecule has 1 aliphatic heterocycles. The van der Waals surface area contributed by atoms with Gasteiger partial charge in [0.05, 0.1) is 24.8 Å². The minimum absolute atomic E-state index is 0.126. The molecule has 1 atom stereocenters. The second-order valence-electron chi connectivity index (χ2n) is 6.70. The summed E-state index contributed by atoms with van der Waals surface area (Å²) in [5.74, 6) is -0.240. The van der Waals surface area contributed by atoms with Crippen LogP contribution in [-0.4, -0.2) is 41.2 Å². The van der Waals surface area contributed by atoms with Gasteiger partial charge in [0.15, 0.2) is 0 Å². The highest BCUT2D eigenvalue weighted by Crippen LogP contribution is 2.37. The number of aliphatic carboxylic acids is 1. The average Bonchev–Trinajstić information content (AvgIpc) is 2.64. The molecule has 2 aromatic rings. The number of hydrogen-bond acceptors (Lipinski definition) is 4. The van der Waals surface area contributed by atoms with Gasteiger partial charge in [0.2, 0.25) is 0 Å². The van der Waals surface area contributed by atoms with E-state index in [2.05, 4.69) is 9.88 Å². The standard InChI is InChI=1S/C20H23ClN2O3/c1-13-3-5-17(22-12-13)19(16-11-15(21)4-6-18(16)26-2)23-9-7-14(8-10-23)20(24)25/h3-6,11-12,14,19H,7-10H2,1-2H3,(H,24,25). The molecule has 0 aliphatic carbocycles. The first-order valence-corrected chi connectivity index (χ1v) is 9.10. The van der Waals surface area contributed by atoms with Crippen LogP contribution in [0.2, 0.25) is 5.02 Å². The van der Waals surface area contributed by atoms with Crippen LogP contribution in [0.1, 0.15) is 35.7 Å². The molecule has 1 N–H and O–H groups in total. The van der Waals surface area contributed by atoms with Crippen LogP contribution in [0, 0.1) is 12.8 Å². The fraction of sp³-hybridized carbons (Fsp3) is 0.400. The molecule has 5 nitrogen and oxygen atoms in total. The first kappa shape index (κ1) is 18.7. The summed E-state index contributed by atoms with van der Waals surface area (Å²) in [6, 6.07) is 9.51. The van der Waals surface area contributed by atoms with Crippen LogP contribution in [-0.2, 0) is 4.79 Å². The maximum atomic E-state index is 11.3. The number of benzene rings is 1. The maximum absolute atomic E-state index is 11.3. The highest BCUT2D eigenvalue weighted by Gasteiger charge is 2.32. The van der Waals surface area contributed by atoms with Crippen molar-refractivity contribution in [2.75, 3.05) is 20.2 Å². The molecule has 138 valence electrons. The van der Waals surface area contributed by atoms with E-state index in [-0.39, 0.29) is 12.0 Å². The topological polar surface area (TPSA) is 62.7 Å². The van der Waals surface area contributed by atoms with E-state index < -0.39 is 5.97 Å². The Kier molecular flexibility index (Phi) is 5.79. The minimum atomic E-state index is -0.713. The molecule has 1 aliphatic rings. The van der Waals surface area contributed by atoms with Crippen molar-refractivity contribution in [3.05, 3.63) is 58.4 Å². The van der Waals surface area contributed by atoms with Crippen LogP contribution in [0.4, 0.5) is 0 Å². The second-order valence-corrected chi connectivity index (χ2v) is 7.13. The molecule has 2 heterocycles. The lowest BCUT2D eigenvalue weighted by molar-refractivity contribution is -0.143. The van der Waals surface area contributed by atoms with Gasteiger partial charge < -0.3 is 9.84 Å². The van der Waals surface area contributed by atoms with Crippen LogP contribution in [0.25, 0.3) is 0 Å². The van der Waals surface area contributed by atoms with Crippen molar-refractivity contribution in [1.29, 1.82) is 0 Å². The summed E-state index contributed by atoms with van der Waals surface area (Å²) in [7, 11) is 1.64. The van der Waals surface area contributed by atoms with Gasteiger partial charge in [0.1, 0.15) is 5.75 Å². The number of nitrogens with zero attached hydrogens (tertiary/aromatic N) is 2. The third-order valence-corrected chi connectivity index (χ3v) is 5.18. The molecule has 1 unspecified atom stereocenters. The SMILES string of the molecule is COc1ccc(Cl)cc1C(c1ccc(C)cn1)N1CCC(C(=O)O)CC1. The summed E-state index contributed by atoms with van der Waals surface area (Å²) < 4.78 is 5.57. The van der Waals surface area contributed by atoms with Gasteiger partial charge >= 0.3 is 5.97 Å². The van der Waals surface area contributed by atoms with E-state index in [0.29, 0.717) is 31.0 Å². The first-order chi connectivity index (χ1) is 12.5. The zero-order valence-electron chi connectivity index (χ0n) is 15.0. The van der Waals surface area contributed by atoms with Crippen LogP contribution in [0.3, 0.4) is 0 Å². The van der Waals surface area contributed by atoms with Gasteiger partial charge in [0, 0.05) is 16.8 Å². The molecule has 26 heavy (non-hydrogen) atoms. The number of methoxy groups -OCH3 is 1. The predicted octanol–water partition coefficient (Wildman–Crippen LogP) is 3.94. The molecule has 0 bridgehead atoms. The summed E-state index contributed by atoms with van der Waals surface area (Å²) >= 11 is 6.26. The minimum Gasteiger partial charge on any atom is -0.496 e. The van der Waals surface area contributed by atoms with E-state index in [1.165, 1.54) is 0 Å². The van der Waals surface area contributed by atoms with Gasteiger partial charge in [-0.15, -0.1) is 0 Å². The van der Waals surface area contributed by atoms with E-state index in [9.17, 15) is 9.90 Å². The van der Waals surface area contributed by atoms with E-state index in [4.69, 9.17) is 16.3 Å². The van der Waals surface area contributed by atoms with Crippen LogP contribution >= 0.6 is 11.6 Å². The molecule has 1 saturated heterocycles. The first-order valence-electron chi connectivity index (χ1n) is 8.72. The normalized spacial score (nSPS) is 17.0. The molecule has 0 saturated carbocycles. The Morgan fingerprint density at radius 2 is 2.04 bits per heavy atom. The predicted molar refractivity (Wildman–Crippen MR) is 101 cm³/mol. The Morgan fingerprint density at radius 3 is 2.62 bits per heavy atom. The van der Waals surface area contributed by atoms with Crippen molar-refractivity contribution in [2.45, 2.75) is 25.8 Å². The number of ether oxygens (including phenoxy) is 1. The van der Waals surface area contributed by atoms with Crippen LogP contribution < -0.4 is 4.74 Å². The van der Waals surface area contributed by atoms with Crippen molar-refractivity contribution in [1.82, 2.24) is 9.88 Å². The number of carboxylic acids is 1. The number of hydrogen-bond donors (Lipinski definition) is 1. The zero-order chi connectivity index (χ0) is 18.7. The number of pyridine rings is 1. The van der Waals surface area contributed by atoms with Crippen molar-refractivity contribution in [3.63, 3.8) is 0 Å². The van der Waals surface area contributed by atoms with Gasteiger partial charge in [-0.1, -0.05) is 17.7 Å². The van der Waals surface area contributed by atoms with E-state index in [1.54, 1.807) is 13.2 Å². The van der Waals surface area contributed by atoms with Gasteiger partial charge in [-0.3, -0.25) is 14.7 Å². The molecular weight excluding hydrogens is 352 g/mol. The fourth-order valence-electron chi connectivity index (χ4n) is 3.51. The van der Waals surface area contributed by atoms with Gasteiger partial charge in [-0.2, -0.15) is 0 Å². The lowest BCUT2D eigenvalue weighted by Crippen LogP contribution is -2.39. The third kappa shape index (κ3) is 4.00. The molecule has 1 aromatic heterocycles. The zero-order valence-corrected chi connectivity index (χ0v) is 15.7. The summed E-state index contributed by atoms with van der Waals surface area (Å²) in [6.45, 7) is 3.38. The van der Waals surface area contributed by atoms with Gasteiger partial charge in [-0.05, 0) is 62.7 Å². The quantitative estimate of drug-likeness (QED) is 0.858. The average molecular weight is 375 g/mol. The van der Waals surface area contributed by atoms with Crippen molar-refractivity contribution >= 4 is 17.6 Å². The molecule has 1 aromatic carbocycles. The Bertz CT molecular complexity index is 771. The molecule has 6 heteroatoms. The van der Waals surface area contributed by atoms with Gasteiger partial charge in [-0.25, -0.2) is 0 Å². The summed E-state index contributed by atoms with van der Waals surface area (Å²) in [4.78, 5) is 18.2. The highest BCUT2D eigenvalue weighted by atomic mass is 35.5. The van der Waals surface area contributed by atoms with Gasteiger partial charge in [0.25, 0.3) is 0 Å². The highest BCUT2D eigenvalue weighted by molar-refractivity contribution is 6.30. The number of aromatic nitrogens is 1. The lowest BCUT2D eigenvalue weighted by Gasteiger charge is -2.37. The number of halogens is 1. The Balaban J connectivity index is 1.99. The molecular formula is C20H23ClN2O3. The second kappa shape index (κ2) is 8.06. The summed E-state index contributed by atoms with van der Waals surface area (Å²) in [5.41, 5.74) is 2.95. The Hall–Kier alpha value is -2.11. The molecule has 0 radical (unpaired) electrons. The van der Waals surface area contributed by atoms with Crippen LogP contribution in [0.15, 0.2) is 36.5 Å². The van der Waals surface area contributed by atoms with Crippen molar-refractivity contribution < 1.29 is 14.6 Å². The summed E-state index contributed by atoms with van der Waals surface area (Å²) in [6.07, 6.45) is 3.10. The van der Waals surface area contributed by atoms with E-state index >= 15 is 0 Å². The van der Waals surface area contributed by atoms with Crippen molar-refractivity contribution in [3.8, 4) is 5.75 Å². The number of likely N-dealkylation sites (tertiary alicyclic amines) is 1. The van der Waals surface area contributed by atoms with E-state index in [1.807, 2.05) is 37.4 Å². The lowest BCUT2D eigenvalue weighted by atomic mass is 9.92. The number of rotatable bonds is 5. The molecule has 0 spiro atoms. The fourth-order valence-corrected chi connectivity index (χ4v) is 3.69. The van der Waals surface area contributed by atoms with Crippen molar-refractivity contribution in [2.24, 2.45) is 5.92 Å². The molecule has 3 rings (SSSR count). The van der Waals surface area contributed by atoms with E-state index in [0.717, 1.165) is 22.6 Å². The maximum Gasteiger partial charge on any atom is 0.306 e. The summed E-state index contributed by atoms with van der Waals surface area (Å²) in [5, 5.41) is 9.92. The Morgan fingerprint density at radius 1 is 1.31 bits per heavy atom. The number of piperidine rings is 1. The number of carbonyl (C=O) groups is 1.